The SMILES string of the molecule is C#CC(O)[C@@H]1CCCN1. The molecule has 0 spiro atoms. The van der Waals surface area contributed by atoms with Crippen LogP contribution >= 0.6 is 0 Å². The highest BCUT2D eigenvalue weighted by Crippen LogP contribution is 2.07. The molecule has 0 aliphatic carbocycles. The van der Waals surface area contributed by atoms with Crippen LogP contribution in [0.3, 0.4) is 0 Å². The van der Waals surface area contributed by atoms with E-state index in [-0.39, 0.29) is 6.04 Å². The molecule has 2 nitrogen and oxygen atoms in total. The third kappa shape index (κ3) is 1.44. The van der Waals surface area contributed by atoms with E-state index in [1.165, 1.54) is 0 Å². The van der Waals surface area contributed by atoms with Gasteiger partial charge < -0.3 is 10.4 Å². The van der Waals surface area contributed by atoms with Crippen molar-refractivity contribution in [1.82, 2.24) is 5.32 Å². The second-order valence-corrected chi connectivity index (χ2v) is 2.31. The van der Waals surface area contributed by atoms with Gasteiger partial charge in [0, 0.05) is 6.04 Å². The second-order valence-electron chi connectivity index (χ2n) is 2.31. The van der Waals surface area contributed by atoms with Crippen LogP contribution in [-0.4, -0.2) is 23.8 Å². The van der Waals surface area contributed by atoms with Gasteiger partial charge in [-0.05, 0) is 19.4 Å². The lowest BCUT2D eigenvalue weighted by Gasteiger charge is -2.10. The Kier molecular flexibility index (Phi) is 2.10. The maximum atomic E-state index is 9.06. The molecule has 50 valence electrons. The lowest BCUT2D eigenvalue weighted by Crippen LogP contribution is -2.33. The largest absolute Gasteiger partial charge is 0.379 e. The highest BCUT2D eigenvalue weighted by Gasteiger charge is 2.19. The van der Waals surface area contributed by atoms with Crippen molar-refractivity contribution in [2.75, 3.05) is 6.54 Å². The molecule has 1 heterocycles. The van der Waals surface area contributed by atoms with Gasteiger partial charge in [0.1, 0.15) is 6.10 Å². The summed E-state index contributed by atoms with van der Waals surface area (Å²) in [5.74, 6) is 2.30. The molecule has 1 fully saturated rings. The second kappa shape index (κ2) is 2.86. The number of terminal acetylenes is 1. The Bertz CT molecular complexity index is 121. The molecule has 2 heteroatoms. The van der Waals surface area contributed by atoms with E-state index in [4.69, 9.17) is 11.5 Å². The summed E-state index contributed by atoms with van der Waals surface area (Å²) in [7, 11) is 0. The molecule has 2 N–H and O–H groups in total. The Morgan fingerprint density at radius 3 is 3.00 bits per heavy atom. The summed E-state index contributed by atoms with van der Waals surface area (Å²) in [4.78, 5) is 0. The van der Waals surface area contributed by atoms with Gasteiger partial charge in [0.05, 0.1) is 0 Å². The van der Waals surface area contributed by atoms with Crippen LogP contribution in [0.25, 0.3) is 0 Å². The molecule has 0 aromatic rings. The average Bonchev–Trinajstić information content (AvgIpc) is 2.37. The van der Waals surface area contributed by atoms with Crippen molar-refractivity contribution >= 4 is 0 Å². The first-order valence-corrected chi connectivity index (χ1v) is 3.22. The Labute approximate surface area is 55.3 Å². The van der Waals surface area contributed by atoms with Gasteiger partial charge >= 0.3 is 0 Å². The summed E-state index contributed by atoms with van der Waals surface area (Å²) in [6.07, 6.45) is 6.56. The molecular formula is C7H11NO. The van der Waals surface area contributed by atoms with Crippen molar-refractivity contribution in [3.63, 3.8) is 0 Å². The van der Waals surface area contributed by atoms with Gasteiger partial charge in [0.15, 0.2) is 0 Å². The molecule has 0 amide bonds. The van der Waals surface area contributed by atoms with Gasteiger partial charge in [-0.3, -0.25) is 0 Å². The van der Waals surface area contributed by atoms with Gasteiger partial charge in [0.2, 0.25) is 0 Å². The zero-order chi connectivity index (χ0) is 6.69. The number of rotatable bonds is 1. The van der Waals surface area contributed by atoms with Crippen LogP contribution in [0.4, 0.5) is 0 Å². The van der Waals surface area contributed by atoms with Crippen LogP contribution in [-0.2, 0) is 0 Å². The number of hydrogen-bond acceptors (Lipinski definition) is 2. The first-order chi connectivity index (χ1) is 4.34. The van der Waals surface area contributed by atoms with Crippen LogP contribution in [0.1, 0.15) is 12.8 Å². The minimum atomic E-state index is -0.590. The van der Waals surface area contributed by atoms with Crippen molar-refractivity contribution in [2.24, 2.45) is 0 Å². The smallest absolute Gasteiger partial charge is 0.129 e. The first-order valence-electron chi connectivity index (χ1n) is 3.22. The predicted molar refractivity (Wildman–Crippen MR) is 35.9 cm³/mol. The molecule has 0 radical (unpaired) electrons. The highest BCUT2D eigenvalue weighted by atomic mass is 16.3. The van der Waals surface area contributed by atoms with Gasteiger partial charge in [-0.15, -0.1) is 6.42 Å². The van der Waals surface area contributed by atoms with E-state index in [0.717, 1.165) is 19.4 Å². The van der Waals surface area contributed by atoms with Gasteiger partial charge in [0.25, 0.3) is 0 Å². The monoisotopic (exact) mass is 125 g/mol. The molecule has 0 saturated carbocycles. The lowest BCUT2D eigenvalue weighted by molar-refractivity contribution is 0.190. The minimum Gasteiger partial charge on any atom is -0.379 e. The van der Waals surface area contributed by atoms with E-state index in [1.807, 2.05) is 0 Å². The van der Waals surface area contributed by atoms with Crippen molar-refractivity contribution in [2.45, 2.75) is 25.0 Å². The van der Waals surface area contributed by atoms with E-state index in [1.54, 1.807) is 0 Å². The molecule has 2 atom stereocenters. The minimum absolute atomic E-state index is 0.148. The molecule has 1 unspecified atom stereocenters. The summed E-state index contributed by atoms with van der Waals surface area (Å²) < 4.78 is 0. The standard InChI is InChI=1S/C7H11NO/c1-2-7(9)6-4-3-5-8-6/h1,6-9H,3-5H2/t6-,7?/m0/s1. The van der Waals surface area contributed by atoms with Gasteiger partial charge in [-0.2, -0.15) is 0 Å². The van der Waals surface area contributed by atoms with Crippen LogP contribution in [0.5, 0.6) is 0 Å². The maximum absolute atomic E-state index is 9.06. The molecule has 1 saturated heterocycles. The molecule has 0 aromatic carbocycles. The Morgan fingerprint density at radius 1 is 1.78 bits per heavy atom. The van der Waals surface area contributed by atoms with Crippen LogP contribution in [0.15, 0.2) is 0 Å². The molecule has 0 aromatic heterocycles. The first kappa shape index (κ1) is 6.60. The lowest BCUT2D eigenvalue weighted by atomic mass is 10.1. The topological polar surface area (TPSA) is 32.3 Å². The molecule has 1 rings (SSSR count). The quantitative estimate of drug-likeness (QED) is 0.473. The van der Waals surface area contributed by atoms with Gasteiger partial charge in [-0.25, -0.2) is 0 Å². The maximum Gasteiger partial charge on any atom is 0.129 e. The molecule has 9 heavy (non-hydrogen) atoms. The normalized spacial score (nSPS) is 29.6. The Balaban J connectivity index is 2.34. The van der Waals surface area contributed by atoms with Crippen LogP contribution in [0, 0.1) is 12.3 Å². The molecular weight excluding hydrogens is 114 g/mol. The summed E-state index contributed by atoms with van der Waals surface area (Å²) in [6.45, 7) is 0.989. The summed E-state index contributed by atoms with van der Waals surface area (Å²) >= 11 is 0. The summed E-state index contributed by atoms with van der Waals surface area (Å²) in [5.41, 5.74) is 0. The van der Waals surface area contributed by atoms with Crippen LogP contribution < -0.4 is 5.32 Å². The number of nitrogens with one attached hydrogen (secondary N) is 1. The number of hydrogen-bond donors (Lipinski definition) is 2. The summed E-state index contributed by atoms with van der Waals surface area (Å²) in [6, 6.07) is 0.148. The van der Waals surface area contributed by atoms with E-state index in [2.05, 4.69) is 11.2 Å². The van der Waals surface area contributed by atoms with Crippen molar-refractivity contribution in [1.29, 1.82) is 0 Å². The molecule has 1 aliphatic rings. The van der Waals surface area contributed by atoms with E-state index in [9.17, 15) is 0 Å². The third-order valence-electron chi connectivity index (χ3n) is 1.65. The highest BCUT2D eigenvalue weighted by molar-refractivity contribution is 5.01. The van der Waals surface area contributed by atoms with Gasteiger partial charge in [-0.1, -0.05) is 5.92 Å². The number of aliphatic hydroxyl groups excluding tert-OH is 1. The van der Waals surface area contributed by atoms with E-state index < -0.39 is 6.10 Å². The fraction of sp³-hybridized carbons (Fsp3) is 0.714. The fourth-order valence-corrected chi connectivity index (χ4v) is 1.10. The molecule has 1 aliphatic heterocycles. The third-order valence-corrected chi connectivity index (χ3v) is 1.65. The fourth-order valence-electron chi connectivity index (χ4n) is 1.10. The van der Waals surface area contributed by atoms with E-state index >= 15 is 0 Å². The van der Waals surface area contributed by atoms with Crippen LogP contribution in [0.2, 0.25) is 0 Å². The van der Waals surface area contributed by atoms with E-state index in [0.29, 0.717) is 0 Å². The van der Waals surface area contributed by atoms with Crippen molar-refractivity contribution in [3.8, 4) is 12.3 Å². The Morgan fingerprint density at radius 2 is 2.56 bits per heavy atom. The van der Waals surface area contributed by atoms with Crippen molar-refractivity contribution in [3.05, 3.63) is 0 Å². The van der Waals surface area contributed by atoms with Crippen molar-refractivity contribution < 1.29 is 5.11 Å². The molecule has 0 bridgehead atoms. The average molecular weight is 125 g/mol. The number of aliphatic hydroxyl groups is 1. The predicted octanol–water partition coefficient (Wildman–Crippen LogP) is -0.268. The zero-order valence-electron chi connectivity index (χ0n) is 5.30. The Hall–Kier alpha value is -0.520. The summed E-state index contributed by atoms with van der Waals surface area (Å²) in [5, 5.41) is 12.2. The zero-order valence-corrected chi connectivity index (χ0v) is 5.30.